The predicted molar refractivity (Wildman–Crippen MR) is 99.1 cm³/mol. The SMILES string of the molecule is Cc1ccc(NC(=O)C2CC(S(=O)(=O)N3CCCCC3)CN2)cc1C. The second kappa shape index (κ2) is 7.43. The smallest absolute Gasteiger partial charge is 0.241 e. The molecule has 0 aromatic heterocycles. The van der Waals surface area contributed by atoms with Crippen molar-refractivity contribution in [3.63, 3.8) is 0 Å². The number of sulfonamides is 1. The Morgan fingerprint density at radius 1 is 1.16 bits per heavy atom. The number of carbonyl (C=O) groups is 1. The van der Waals surface area contributed by atoms with E-state index in [1.54, 1.807) is 4.31 Å². The van der Waals surface area contributed by atoms with E-state index in [1.165, 1.54) is 5.56 Å². The Balaban J connectivity index is 1.61. The maximum atomic E-state index is 12.8. The number of amides is 1. The lowest BCUT2D eigenvalue weighted by Gasteiger charge is -2.28. The zero-order valence-corrected chi connectivity index (χ0v) is 15.7. The van der Waals surface area contributed by atoms with Crippen LogP contribution in [0.1, 0.15) is 36.8 Å². The van der Waals surface area contributed by atoms with E-state index in [-0.39, 0.29) is 5.91 Å². The monoisotopic (exact) mass is 365 g/mol. The number of carbonyl (C=O) groups excluding carboxylic acids is 1. The van der Waals surface area contributed by atoms with Gasteiger partial charge in [-0.3, -0.25) is 4.79 Å². The highest BCUT2D eigenvalue weighted by Gasteiger charge is 2.40. The van der Waals surface area contributed by atoms with Gasteiger partial charge in [0.25, 0.3) is 0 Å². The van der Waals surface area contributed by atoms with Crippen LogP contribution in [0.4, 0.5) is 5.69 Å². The highest BCUT2D eigenvalue weighted by atomic mass is 32.2. The zero-order valence-electron chi connectivity index (χ0n) is 14.9. The molecular formula is C18H27N3O3S. The van der Waals surface area contributed by atoms with Crippen molar-refractivity contribution >= 4 is 21.6 Å². The third-order valence-electron chi connectivity index (χ3n) is 5.28. The number of hydrogen-bond donors (Lipinski definition) is 2. The molecule has 2 fully saturated rings. The van der Waals surface area contributed by atoms with Crippen molar-refractivity contribution in [2.45, 2.75) is 50.8 Å². The molecule has 2 N–H and O–H groups in total. The first kappa shape index (κ1) is 18.4. The number of piperidine rings is 1. The molecule has 2 unspecified atom stereocenters. The highest BCUT2D eigenvalue weighted by molar-refractivity contribution is 7.89. The van der Waals surface area contributed by atoms with Gasteiger partial charge in [0.05, 0.1) is 11.3 Å². The fourth-order valence-electron chi connectivity index (χ4n) is 3.51. The molecule has 3 rings (SSSR count). The Morgan fingerprint density at radius 2 is 1.88 bits per heavy atom. The van der Waals surface area contributed by atoms with E-state index < -0.39 is 21.3 Å². The fraction of sp³-hybridized carbons (Fsp3) is 0.611. The van der Waals surface area contributed by atoms with Crippen LogP contribution in [0.3, 0.4) is 0 Å². The molecule has 0 spiro atoms. The zero-order chi connectivity index (χ0) is 18.0. The molecule has 1 aromatic carbocycles. The van der Waals surface area contributed by atoms with Gasteiger partial charge in [-0.2, -0.15) is 0 Å². The number of nitrogens with zero attached hydrogens (tertiary/aromatic N) is 1. The van der Waals surface area contributed by atoms with E-state index in [4.69, 9.17) is 0 Å². The van der Waals surface area contributed by atoms with E-state index >= 15 is 0 Å². The highest BCUT2D eigenvalue weighted by Crippen LogP contribution is 2.23. The Morgan fingerprint density at radius 3 is 2.56 bits per heavy atom. The maximum absolute atomic E-state index is 12.8. The molecular weight excluding hydrogens is 338 g/mol. The minimum absolute atomic E-state index is 0.167. The Labute approximate surface area is 150 Å². The second-order valence-corrected chi connectivity index (χ2v) is 9.32. The lowest BCUT2D eigenvalue weighted by molar-refractivity contribution is -0.117. The summed E-state index contributed by atoms with van der Waals surface area (Å²) in [5, 5.41) is 5.46. The maximum Gasteiger partial charge on any atom is 0.241 e. The van der Waals surface area contributed by atoms with Crippen molar-refractivity contribution in [1.82, 2.24) is 9.62 Å². The van der Waals surface area contributed by atoms with E-state index in [0.29, 0.717) is 26.1 Å². The van der Waals surface area contributed by atoms with Crippen molar-refractivity contribution in [1.29, 1.82) is 0 Å². The average Bonchev–Trinajstić information content (AvgIpc) is 3.10. The average molecular weight is 365 g/mol. The third kappa shape index (κ3) is 4.04. The molecule has 6 nitrogen and oxygen atoms in total. The molecule has 1 aromatic rings. The summed E-state index contributed by atoms with van der Waals surface area (Å²) in [6, 6.07) is 5.31. The van der Waals surface area contributed by atoms with E-state index in [9.17, 15) is 13.2 Å². The van der Waals surface area contributed by atoms with E-state index in [0.717, 1.165) is 30.5 Å². The van der Waals surface area contributed by atoms with Gasteiger partial charge in [0.1, 0.15) is 0 Å². The molecule has 138 valence electrons. The standard InChI is InChI=1S/C18H27N3O3S/c1-13-6-7-15(10-14(13)2)20-18(22)17-11-16(12-19-17)25(23,24)21-8-4-3-5-9-21/h6-7,10,16-17,19H,3-5,8-9,11-12H2,1-2H3,(H,20,22). The van der Waals surface area contributed by atoms with Gasteiger partial charge in [0.2, 0.25) is 15.9 Å². The summed E-state index contributed by atoms with van der Waals surface area (Å²) in [4.78, 5) is 12.5. The van der Waals surface area contributed by atoms with Gasteiger partial charge < -0.3 is 10.6 Å². The Kier molecular flexibility index (Phi) is 5.46. The number of rotatable bonds is 4. The van der Waals surface area contributed by atoms with Gasteiger partial charge in [-0.05, 0) is 56.4 Å². The molecule has 25 heavy (non-hydrogen) atoms. The van der Waals surface area contributed by atoms with Crippen LogP contribution in [0, 0.1) is 13.8 Å². The van der Waals surface area contributed by atoms with E-state index in [2.05, 4.69) is 10.6 Å². The summed E-state index contributed by atoms with van der Waals surface area (Å²) in [5.74, 6) is -0.167. The topological polar surface area (TPSA) is 78.5 Å². The van der Waals surface area contributed by atoms with Crippen molar-refractivity contribution in [2.75, 3.05) is 25.0 Å². The van der Waals surface area contributed by atoms with Crippen LogP contribution in [-0.2, 0) is 14.8 Å². The van der Waals surface area contributed by atoms with Gasteiger partial charge in [0.15, 0.2) is 0 Å². The first-order valence-corrected chi connectivity index (χ1v) is 10.5. The molecule has 0 radical (unpaired) electrons. The predicted octanol–water partition coefficient (Wildman–Crippen LogP) is 1.79. The van der Waals surface area contributed by atoms with Crippen LogP contribution in [-0.4, -0.2) is 49.6 Å². The lowest BCUT2D eigenvalue weighted by Crippen LogP contribution is -2.42. The molecule has 2 aliphatic heterocycles. The van der Waals surface area contributed by atoms with Crippen molar-refractivity contribution in [3.05, 3.63) is 29.3 Å². The van der Waals surface area contributed by atoms with Gasteiger partial charge in [0, 0.05) is 25.3 Å². The Hall–Kier alpha value is -1.44. The van der Waals surface area contributed by atoms with Crippen molar-refractivity contribution in [3.8, 4) is 0 Å². The molecule has 1 amide bonds. The molecule has 2 atom stereocenters. The first-order chi connectivity index (χ1) is 11.9. The summed E-state index contributed by atoms with van der Waals surface area (Å²) >= 11 is 0. The summed E-state index contributed by atoms with van der Waals surface area (Å²) in [5.41, 5.74) is 3.03. The molecule has 2 heterocycles. The van der Waals surface area contributed by atoms with Crippen LogP contribution in [0.15, 0.2) is 18.2 Å². The Bertz CT molecular complexity index is 742. The minimum Gasteiger partial charge on any atom is -0.325 e. The van der Waals surface area contributed by atoms with Gasteiger partial charge >= 0.3 is 0 Å². The third-order valence-corrected chi connectivity index (χ3v) is 7.56. The summed E-state index contributed by atoms with van der Waals surface area (Å²) < 4.78 is 27.1. The minimum atomic E-state index is -3.32. The van der Waals surface area contributed by atoms with Gasteiger partial charge in [-0.25, -0.2) is 12.7 Å². The molecule has 0 bridgehead atoms. The number of nitrogens with one attached hydrogen (secondary N) is 2. The first-order valence-electron chi connectivity index (χ1n) is 8.98. The van der Waals surface area contributed by atoms with Crippen LogP contribution >= 0.6 is 0 Å². The quantitative estimate of drug-likeness (QED) is 0.853. The van der Waals surface area contributed by atoms with Gasteiger partial charge in [-0.1, -0.05) is 12.5 Å². The van der Waals surface area contributed by atoms with Crippen LogP contribution in [0.25, 0.3) is 0 Å². The van der Waals surface area contributed by atoms with Crippen molar-refractivity contribution in [2.24, 2.45) is 0 Å². The van der Waals surface area contributed by atoms with Crippen LogP contribution < -0.4 is 10.6 Å². The summed E-state index contributed by atoms with van der Waals surface area (Å²) in [7, 11) is -3.32. The summed E-state index contributed by atoms with van der Waals surface area (Å²) in [6.07, 6.45) is 3.28. The summed E-state index contributed by atoms with van der Waals surface area (Å²) in [6.45, 7) is 5.58. The van der Waals surface area contributed by atoms with Crippen LogP contribution in [0.2, 0.25) is 0 Å². The number of benzene rings is 1. The molecule has 2 aliphatic rings. The molecule has 2 saturated heterocycles. The number of anilines is 1. The normalized spacial score (nSPS) is 25.0. The second-order valence-electron chi connectivity index (χ2n) is 7.11. The molecule has 7 heteroatoms. The molecule has 0 aliphatic carbocycles. The number of hydrogen-bond acceptors (Lipinski definition) is 4. The fourth-order valence-corrected chi connectivity index (χ4v) is 5.44. The number of aryl methyl sites for hydroxylation is 2. The molecule has 0 saturated carbocycles. The lowest BCUT2D eigenvalue weighted by atomic mass is 10.1. The van der Waals surface area contributed by atoms with Crippen LogP contribution in [0.5, 0.6) is 0 Å². The largest absolute Gasteiger partial charge is 0.325 e. The van der Waals surface area contributed by atoms with Gasteiger partial charge in [-0.15, -0.1) is 0 Å². The van der Waals surface area contributed by atoms with E-state index in [1.807, 2.05) is 32.0 Å². The van der Waals surface area contributed by atoms with Crippen molar-refractivity contribution < 1.29 is 13.2 Å².